The van der Waals surface area contributed by atoms with Crippen LogP contribution in [0.2, 0.25) is 0 Å². The zero-order valence-electron chi connectivity index (χ0n) is 15.6. The molecule has 6 heteroatoms. The average molecular weight is 421 g/mol. The number of ether oxygens (including phenoxy) is 2. The summed E-state index contributed by atoms with van der Waals surface area (Å²) in [6.07, 6.45) is 3.21. The van der Waals surface area contributed by atoms with E-state index in [1.54, 1.807) is 18.5 Å². The highest BCUT2D eigenvalue weighted by molar-refractivity contribution is 9.10. The number of benzene rings is 1. The van der Waals surface area contributed by atoms with E-state index in [0.717, 1.165) is 10.0 Å². The summed E-state index contributed by atoms with van der Waals surface area (Å²) in [5.74, 6) is 1.44. The van der Waals surface area contributed by atoms with E-state index in [9.17, 15) is 4.79 Å². The van der Waals surface area contributed by atoms with Gasteiger partial charge in [-0.25, -0.2) is 0 Å². The van der Waals surface area contributed by atoms with Crippen LogP contribution in [-0.4, -0.2) is 24.1 Å². The highest BCUT2D eigenvalue weighted by atomic mass is 79.9. The van der Waals surface area contributed by atoms with Crippen molar-refractivity contribution in [2.45, 2.75) is 33.7 Å². The fourth-order valence-corrected chi connectivity index (χ4v) is 3.02. The molecule has 0 saturated heterocycles. The quantitative estimate of drug-likeness (QED) is 0.667. The van der Waals surface area contributed by atoms with Gasteiger partial charge in [0.1, 0.15) is 0 Å². The molecule has 0 aliphatic heterocycles. The monoisotopic (exact) mass is 420 g/mol. The van der Waals surface area contributed by atoms with Crippen LogP contribution in [0, 0.1) is 5.92 Å². The number of nitrogens with one attached hydrogen (secondary N) is 1. The van der Waals surface area contributed by atoms with Crippen LogP contribution in [-0.2, 0) is 0 Å². The van der Waals surface area contributed by atoms with Gasteiger partial charge in [0, 0.05) is 16.9 Å². The number of halogens is 1. The number of hydrogen-bond donors (Lipinski definition) is 1. The number of nitrogens with zero attached hydrogens (tertiary/aromatic N) is 1. The lowest BCUT2D eigenvalue weighted by Gasteiger charge is -2.24. The molecule has 0 spiro atoms. The number of rotatable bonds is 8. The standard InChI is InChI=1S/C20H25BrN2O3/c1-5-25-17-8-7-14(10-18(17)26-6-2)19(13(3)4)23-20(24)15-9-16(21)12-22-11-15/h7-13,19H,5-6H2,1-4H3,(H,23,24). The van der Waals surface area contributed by atoms with Gasteiger partial charge >= 0.3 is 0 Å². The van der Waals surface area contributed by atoms with E-state index < -0.39 is 0 Å². The summed E-state index contributed by atoms with van der Waals surface area (Å²) >= 11 is 3.35. The van der Waals surface area contributed by atoms with Crippen LogP contribution < -0.4 is 14.8 Å². The van der Waals surface area contributed by atoms with E-state index in [1.165, 1.54) is 0 Å². The second-order valence-electron chi connectivity index (χ2n) is 6.16. The predicted octanol–water partition coefficient (Wildman–Crippen LogP) is 4.77. The molecule has 1 heterocycles. The Morgan fingerprint density at radius 2 is 1.81 bits per heavy atom. The first-order valence-corrected chi connectivity index (χ1v) is 9.56. The second kappa shape index (κ2) is 9.57. The minimum atomic E-state index is -0.163. The topological polar surface area (TPSA) is 60.5 Å². The minimum absolute atomic E-state index is 0.156. The summed E-state index contributed by atoms with van der Waals surface area (Å²) in [6.45, 7) is 9.13. The Kier molecular flexibility index (Phi) is 7.45. The molecule has 1 amide bonds. The second-order valence-corrected chi connectivity index (χ2v) is 7.07. The summed E-state index contributed by atoms with van der Waals surface area (Å²) < 4.78 is 12.1. The van der Waals surface area contributed by atoms with E-state index in [0.29, 0.717) is 30.3 Å². The number of pyridine rings is 1. The Morgan fingerprint density at radius 1 is 1.12 bits per heavy atom. The maximum Gasteiger partial charge on any atom is 0.253 e. The van der Waals surface area contributed by atoms with E-state index >= 15 is 0 Å². The minimum Gasteiger partial charge on any atom is -0.490 e. The Bertz CT molecular complexity index is 750. The molecular formula is C20H25BrN2O3. The summed E-state index contributed by atoms with van der Waals surface area (Å²) in [4.78, 5) is 16.7. The smallest absolute Gasteiger partial charge is 0.253 e. The van der Waals surface area contributed by atoms with Gasteiger partial charge in [0.25, 0.3) is 5.91 Å². The first-order valence-electron chi connectivity index (χ1n) is 8.77. The van der Waals surface area contributed by atoms with E-state index in [4.69, 9.17) is 9.47 Å². The maximum absolute atomic E-state index is 12.6. The number of carbonyl (C=O) groups excluding carboxylic acids is 1. The van der Waals surface area contributed by atoms with Gasteiger partial charge in [-0.05, 0) is 59.5 Å². The molecular weight excluding hydrogens is 396 g/mol. The van der Waals surface area contributed by atoms with Crippen LogP contribution in [0.25, 0.3) is 0 Å². The molecule has 2 rings (SSSR count). The first-order chi connectivity index (χ1) is 12.5. The highest BCUT2D eigenvalue weighted by Gasteiger charge is 2.21. The van der Waals surface area contributed by atoms with Crippen molar-refractivity contribution in [2.75, 3.05) is 13.2 Å². The van der Waals surface area contributed by atoms with Crippen LogP contribution in [0.5, 0.6) is 11.5 Å². The summed E-state index contributed by atoms with van der Waals surface area (Å²) in [7, 11) is 0. The molecule has 0 bridgehead atoms. The fourth-order valence-electron chi connectivity index (χ4n) is 2.66. The first kappa shape index (κ1) is 20.2. The molecule has 0 radical (unpaired) electrons. The predicted molar refractivity (Wildman–Crippen MR) is 106 cm³/mol. The Labute approximate surface area is 163 Å². The normalized spacial score (nSPS) is 11.9. The summed E-state index contributed by atoms with van der Waals surface area (Å²) in [6, 6.07) is 7.41. The van der Waals surface area contributed by atoms with Crippen molar-refractivity contribution in [3.63, 3.8) is 0 Å². The van der Waals surface area contributed by atoms with Crippen molar-refractivity contribution in [3.05, 3.63) is 52.3 Å². The molecule has 1 aromatic heterocycles. The lowest BCUT2D eigenvalue weighted by Crippen LogP contribution is -2.31. The van der Waals surface area contributed by atoms with Gasteiger partial charge in [0.15, 0.2) is 11.5 Å². The van der Waals surface area contributed by atoms with Gasteiger partial charge in [0.05, 0.1) is 24.8 Å². The third-order valence-electron chi connectivity index (χ3n) is 3.85. The molecule has 5 nitrogen and oxygen atoms in total. The molecule has 1 N–H and O–H groups in total. The van der Waals surface area contributed by atoms with Crippen molar-refractivity contribution >= 4 is 21.8 Å². The third kappa shape index (κ3) is 5.21. The van der Waals surface area contributed by atoms with E-state index in [1.807, 2.05) is 32.0 Å². The number of hydrogen-bond acceptors (Lipinski definition) is 4. The lowest BCUT2D eigenvalue weighted by molar-refractivity contribution is 0.0925. The fraction of sp³-hybridized carbons (Fsp3) is 0.400. The SMILES string of the molecule is CCOc1ccc(C(NC(=O)c2cncc(Br)c2)C(C)C)cc1OCC. The van der Waals surface area contributed by atoms with E-state index in [-0.39, 0.29) is 17.9 Å². The highest BCUT2D eigenvalue weighted by Crippen LogP contribution is 2.33. The molecule has 26 heavy (non-hydrogen) atoms. The lowest BCUT2D eigenvalue weighted by atomic mass is 9.95. The summed E-state index contributed by atoms with van der Waals surface area (Å²) in [5.41, 5.74) is 1.49. The zero-order valence-corrected chi connectivity index (χ0v) is 17.2. The molecule has 0 saturated carbocycles. The zero-order chi connectivity index (χ0) is 19.1. The summed E-state index contributed by atoms with van der Waals surface area (Å²) in [5, 5.41) is 3.10. The van der Waals surface area contributed by atoms with Gasteiger partial charge in [-0.2, -0.15) is 0 Å². The van der Waals surface area contributed by atoms with Crippen LogP contribution in [0.4, 0.5) is 0 Å². The number of carbonyl (C=O) groups is 1. The van der Waals surface area contributed by atoms with Crippen LogP contribution in [0.3, 0.4) is 0 Å². The van der Waals surface area contributed by atoms with Gasteiger partial charge in [-0.1, -0.05) is 19.9 Å². The Hall–Kier alpha value is -2.08. The molecule has 1 atom stereocenters. The molecule has 0 fully saturated rings. The van der Waals surface area contributed by atoms with Gasteiger partial charge in [-0.15, -0.1) is 0 Å². The number of amides is 1. The molecule has 1 aromatic carbocycles. The van der Waals surface area contributed by atoms with Gasteiger partial charge in [-0.3, -0.25) is 9.78 Å². The molecule has 140 valence electrons. The van der Waals surface area contributed by atoms with Crippen molar-refractivity contribution in [2.24, 2.45) is 5.92 Å². The van der Waals surface area contributed by atoms with Crippen molar-refractivity contribution < 1.29 is 14.3 Å². The molecule has 1 unspecified atom stereocenters. The average Bonchev–Trinajstić information content (AvgIpc) is 2.61. The van der Waals surface area contributed by atoms with Crippen molar-refractivity contribution in [3.8, 4) is 11.5 Å². The van der Waals surface area contributed by atoms with Gasteiger partial charge in [0.2, 0.25) is 0 Å². The van der Waals surface area contributed by atoms with E-state index in [2.05, 4.69) is 40.1 Å². The molecule has 2 aromatic rings. The maximum atomic E-state index is 12.6. The van der Waals surface area contributed by atoms with Crippen LogP contribution in [0.1, 0.15) is 49.7 Å². The largest absolute Gasteiger partial charge is 0.490 e. The van der Waals surface area contributed by atoms with Crippen molar-refractivity contribution in [1.29, 1.82) is 0 Å². The molecule has 0 aliphatic rings. The van der Waals surface area contributed by atoms with Crippen LogP contribution >= 0.6 is 15.9 Å². The number of aromatic nitrogens is 1. The third-order valence-corrected chi connectivity index (χ3v) is 4.28. The Morgan fingerprint density at radius 3 is 2.42 bits per heavy atom. The molecule has 0 aliphatic carbocycles. The van der Waals surface area contributed by atoms with Gasteiger partial charge < -0.3 is 14.8 Å². The van der Waals surface area contributed by atoms with Crippen molar-refractivity contribution in [1.82, 2.24) is 10.3 Å². The Balaban J connectivity index is 2.28. The van der Waals surface area contributed by atoms with Crippen LogP contribution in [0.15, 0.2) is 41.1 Å².